The first-order valence-electron chi connectivity index (χ1n) is 6.90. The Kier molecular flexibility index (Phi) is 6.16. The fourth-order valence-corrected chi connectivity index (χ4v) is 1.79. The molecule has 0 bridgehead atoms. The molecule has 0 radical (unpaired) electrons. The molecular weight excluding hydrogens is 332 g/mol. The van der Waals surface area contributed by atoms with Gasteiger partial charge in [0.25, 0.3) is 5.91 Å². The van der Waals surface area contributed by atoms with E-state index in [1.807, 2.05) is 0 Å². The molecule has 0 aliphatic heterocycles. The summed E-state index contributed by atoms with van der Waals surface area (Å²) in [5.74, 6) is -0.0315. The number of hydrazone groups is 1. The average molecular weight is 347 g/mol. The summed E-state index contributed by atoms with van der Waals surface area (Å²) in [4.78, 5) is 22.3. The molecule has 2 aromatic rings. The number of amides is 3. The second-order valence-corrected chi connectivity index (χ2v) is 5.09. The Morgan fingerprint density at radius 1 is 1.12 bits per heavy atom. The highest BCUT2D eigenvalue weighted by molar-refractivity contribution is 6.30. The summed E-state index contributed by atoms with van der Waals surface area (Å²) in [5.41, 5.74) is 8.68. The van der Waals surface area contributed by atoms with Gasteiger partial charge in [-0.25, -0.2) is 10.2 Å². The molecule has 0 saturated carbocycles. The smallest absolute Gasteiger partial charge is 0.339 e. The number of carbonyl (C=O) groups excluding carboxylic acids is 2. The molecule has 0 saturated heterocycles. The number of nitrogens with two attached hydrogens (primary N) is 1. The van der Waals surface area contributed by atoms with Gasteiger partial charge in [-0.3, -0.25) is 4.79 Å². The molecule has 0 aliphatic rings. The number of primary amides is 1. The number of nitrogens with one attached hydrogen (secondary N) is 2. The van der Waals surface area contributed by atoms with E-state index in [9.17, 15) is 9.59 Å². The van der Waals surface area contributed by atoms with Crippen LogP contribution < -0.4 is 21.2 Å². The first-order valence-corrected chi connectivity index (χ1v) is 7.27. The number of benzene rings is 2. The molecule has 0 heterocycles. The van der Waals surface area contributed by atoms with Crippen LogP contribution in [0.5, 0.6) is 5.75 Å². The maximum atomic E-state index is 11.7. The summed E-state index contributed by atoms with van der Waals surface area (Å²) in [5, 5.41) is 7.02. The van der Waals surface area contributed by atoms with Crippen molar-refractivity contribution < 1.29 is 14.3 Å². The fraction of sp³-hybridized carbons (Fsp3) is 0.0625. The molecule has 0 unspecified atom stereocenters. The van der Waals surface area contributed by atoms with Crippen molar-refractivity contribution in [3.8, 4) is 5.75 Å². The van der Waals surface area contributed by atoms with Crippen LogP contribution in [0.25, 0.3) is 0 Å². The third kappa shape index (κ3) is 5.98. The molecule has 0 aromatic heterocycles. The minimum atomic E-state index is -0.545. The molecule has 2 aromatic carbocycles. The largest absolute Gasteiger partial charge is 0.484 e. The van der Waals surface area contributed by atoms with Crippen molar-refractivity contribution in [2.45, 2.75) is 0 Å². The topological polar surface area (TPSA) is 106 Å². The van der Waals surface area contributed by atoms with E-state index in [2.05, 4.69) is 15.8 Å². The number of anilines is 1. The van der Waals surface area contributed by atoms with E-state index >= 15 is 0 Å². The lowest BCUT2D eigenvalue weighted by Crippen LogP contribution is -2.24. The quantitative estimate of drug-likeness (QED) is 0.552. The number of halogens is 1. The SMILES string of the molecule is NC(=O)COc1ccc(/C=N/NC(=O)Nc2ccc(Cl)cc2)cc1. The Balaban J connectivity index is 1.81. The summed E-state index contributed by atoms with van der Waals surface area (Å²) in [6.45, 7) is -0.181. The molecule has 8 heteroatoms. The highest BCUT2D eigenvalue weighted by Gasteiger charge is 2.00. The van der Waals surface area contributed by atoms with Crippen molar-refractivity contribution in [2.24, 2.45) is 10.8 Å². The summed E-state index contributed by atoms with van der Waals surface area (Å²) >= 11 is 5.76. The third-order valence-corrected chi connectivity index (χ3v) is 2.99. The van der Waals surface area contributed by atoms with Gasteiger partial charge in [0.1, 0.15) is 5.75 Å². The van der Waals surface area contributed by atoms with Gasteiger partial charge in [-0.15, -0.1) is 0 Å². The van der Waals surface area contributed by atoms with Crippen LogP contribution >= 0.6 is 11.6 Å². The lowest BCUT2D eigenvalue weighted by atomic mass is 10.2. The molecule has 0 spiro atoms. The normalized spacial score (nSPS) is 10.4. The minimum absolute atomic E-state index is 0.181. The van der Waals surface area contributed by atoms with Gasteiger partial charge in [0.2, 0.25) is 0 Å². The highest BCUT2D eigenvalue weighted by Crippen LogP contribution is 2.13. The second kappa shape index (κ2) is 8.54. The monoisotopic (exact) mass is 346 g/mol. The van der Waals surface area contributed by atoms with Crippen LogP contribution in [0.15, 0.2) is 53.6 Å². The summed E-state index contributed by atoms with van der Waals surface area (Å²) in [6, 6.07) is 13.0. The molecule has 24 heavy (non-hydrogen) atoms. The van der Waals surface area contributed by atoms with Crippen LogP contribution in [0.4, 0.5) is 10.5 Å². The van der Waals surface area contributed by atoms with Crippen LogP contribution in [0.1, 0.15) is 5.56 Å². The Morgan fingerprint density at radius 2 is 1.79 bits per heavy atom. The molecule has 7 nitrogen and oxygen atoms in total. The van der Waals surface area contributed by atoms with Crippen molar-refractivity contribution in [1.29, 1.82) is 0 Å². The van der Waals surface area contributed by atoms with E-state index in [0.717, 1.165) is 5.56 Å². The zero-order valence-electron chi connectivity index (χ0n) is 12.5. The standard InChI is InChI=1S/C16H15ClN4O3/c17-12-3-5-13(6-4-12)20-16(23)21-19-9-11-1-7-14(8-2-11)24-10-15(18)22/h1-9H,10H2,(H2,18,22)(H2,20,21,23)/b19-9+. The first-order chi connectivity index (χ1) is 11.5. The first kappa shape index (κ1) is 17.3. The molecule has 4 N–H and O–H groups in total. The van der Waals surface area contributed by atoms with Gasteiger partial charge in [-0.1, -0.05) is 11.6 Å². The lowest BCUT2D eigenvalue weighted by Gasteiger charge is -2.04. The number of hydrogen-bond acceptors (Lipinski definition) is 4. The Labute approximate surface area is 143 Å². The van der Waals surface area contributed by atoms with Gasteiger partial charge in [-0.05, 0) is 54.1 Å². The van der Waals surface area contributed by atoms with Crippen LogP contribution in [0.3, 0.4) is 0 Å². The van der Waals surface area contributed by atoms with E-state index < -0.39 is 11.9 Å². The van der Waals surface area contributed by atoms with Gasteiger partial charge in [0.15, 0.2) is 6.61 Å². The van der Waals surface area contributed by atoms with Gasteiger partial charge in [0, 0.05) is 10.7 Å². The molecular formula is C16H15ClN4O3. The van der Waals surface area contributed by atoms with Gasteiger partial charge >= 0.3 is 6.03 Å². The maximum Gasteiger partial charge on any atom is 0.339 e. The number of ether oxygens (including phenoxy) is 1. The predicted molar refractivity (Wildman–Crippen MR) is 92.3 cm³/mol. The highest BCUT2D eigenvalue weighted by atomic mass is 35.5. The van der Waals surface area contributed by atoms with Crippen molar-refractivity contribution in [3.05, 3.63) is 59.1 Å². The van der Waals surface area contributed by atoms with Crippen LogP contribution in [0, 0.1) is 0 Å². The van der Waals surface area contributed by atoms with E-state index in [-0.39, 0.29) is 6.61 Å². The Hall–Kier alpha value is -3.06. The van der Waals surface area contributed by atoms with Crippen molar-refractivity contribution in [3.63, 3.8) is 0 Å². The van der Waals surface area contributed by atoms with E-state index in [0.29, 0.717) is 16.5 Å². The average Bonchev–Trinajstić information content (AvgIpc) is 2.56. The lowest BCUT2D eigenvalue weighted by molar-refractivity contribution is -0.119. The van der Waals surface area contributed by atoms with E-state index in [4.69, 9.17) is 22.1 Å². The molecule has 124 valence electrons. The number of urea groups is 1. The third-order valence-electron chi connectivity index (χ3n) is 2.74. The fourth-order valence-electron chi connectivity index (χ4n) is 1.66. The summed E-state index contributed by atoms with van der Waals surface area (Å²) in [6.07, 6.45) is 1.47. The molecule has 3 amide bonds. The molecule has 0 aliphatic carbocycles. The van der Waals surface area contributed by atoms with Gasteiger partial charge in [-0.2, -0.15) is 5.10 Å². The summed E-state index contributed by atoms with van der Waals surface area (Å²) in [7, 11) is 0. The zero-order valence-corrected chi connectivity index (χ0v) is 13.3. The van der Waals surface area contributed by atoms with Crippen molar-refractivity contribution >= 4 is 35.4 Å². The Morgan fingerprint density at radius 3 is 2.42 bits per heavy atom. The zero-order chi connectivity index (χ0) is 17.4. The van der Waals surface area contributed by atoms with Gasteiger partial charge < -0.3 is 15.8 Å². The number of carbonyl (C=O) groups is 2. The number of nitrogens with zero attached hydrogens (tertiary/aromatic N) is 1. The predicted octanol–water partition coefficient (Wildman–Crippen LogP) is 2.36. The van der Waals surface area contributed by atoms with Crippen LogP contribution in [-0.4, -0.2) is 24.8 Å². The van der Waals surface area contributed by atoms with E-state index in [1.165, 1.54) is 6.21 Å². The molecule has 0 atom stereocenters. The number of hydrogen-bond donors (Lipinski definition) is 3. The van der Waals surface area contributed by atoms with Gasteiger partial charge in [0.05, 0.1) is 6.21 Å². The minimum Gasteiger partial charge on any atom is -0.484 e. The number of rotatable bonds is 6. The van der Waals surface area contributed by atoms with Crippen LogP contribution in [-0.2, 0) is 4.79 Å². The summed E-state index contributed by atoms with van der Waals surface area (Å²) < 4.78 is 5.13. The van der Waals surface area contributed by atoms with E-state index in [1.54, 1.807) is 48.5 Å². The van der Waals surface area contributed by atoms with Crippen molar-refractivity contribution in [1.82, 2.24) is 5.43 Å². The maximum absolute atomic E-state index is 11.7. The van der Waals surface area contributed by atoms with Crippen molar-refractivity contribution in [2.75, 3.05) is 11.9 Å². The Bertz CT molecular complexity index is 730. The second-order valence-electron chi connectivity index (χ2n) is 4.66. The van der Waals surface area contributed by atoms with Crippen LogP contribution in [0.2, 0.25) is 5.02 Å². The molecule has 2 rings (SSSR count). The molecule has 0 fully saturated rings.